The zero-order chi connectivity index (χ0) is 15.6. The highest BCUT2D eigenvalue weighted by atomic mass is 35.5. The van der Waals surface area contributed by atoms with E-state index in [1.54, 1.807) is 0 Å². The first-order valence-corrected chi connectivity index (χ1v) is 6.83. The summed E-state index contributed by atoms with van der Waals surface area (Å²) in [6.07, 6.45) is 0. The second-order valence-electron chi connectivity index (χ2n) is 5.66. The molecule has 0 saturated heterocycles. The number of hydrogen-bond donors (Lipinski definition) is 1. The van der Waals surface area contributed by atoms with Crippen LogP contribution in [0.5, 0.6) is 11.6 Å². The second-order valence-corrected chi connectivity index (χ2v) is 6.07. The van der Waals surface area contributed by atoms with Crippen molar-refractivity contribution in [2.45, 2.75) is 26.2 Å². The zero-order valence-corrected chi connectivity index (χ0v) is 12.8. The average Bonchev–Trinajstić information content (AvgIpc) is 2.40. The third-order valence-corrected chi connectivity index (χ3v) is 3.27. The Kier molecular flexibility index (Phi) is 4.19. The van der Waals surface area contributed by atoms with E-state index in [1.165, 1.54) is 17.7 Å². The van der Waals surface area contributed by atoms with Crippen LogP contribution >= 0.6 is 11.6 Å². The quantitative estimate of drug-likeness (QED) is 0.905. The molecular weight excluding hydrogens is 290 g/mol. The summed E-state index contributed by atoms with van der Waals surface area (Å²) in [4.78, 5) is 14.9. The van der Waals surface area contributed by atoms with Crippen molar-refractivity contribution in [3.8, 4) is 11.6 Å². The molecule has 0 bridgehead atoms. The van der Waals surface area contributed by atoms with E-state index >= 15 is 0 Å². The highest BCUT2D eigenvalue weighted by Gasteiger charge is 2.14. The van der Waals surface area contributed by atoms with Crippen LogP contribution in [0.4, 0.5) is 0 Å². The van der Waals surface area contributed by atoms with Crippen LogP contribution in [-0.2, 0) is 5.41 Å². The Morgan fingerprint density at radius 2 is 1.76 bits per heavy atom. The average molecular weight is 306 g/mol. The molecule has 2 aromatic rings. The molecule has 1 heterocycles. The van der Waals surface area contributed by atoms with Gasteiger partial charge in [0.2, 0.25) is 5.88 Å². The number of rotatable bonds is 3. The number of halogens is 1. The minimum Gasteiger partial charge on any atom is -0.476 e. The van der Waals surface area contributed by atoms with Gasteiger partial charge in [0.15, 0.2) is 5.69 Å². The predicted molar refractivity (Wildman–Crippen MR) is 81.4 cm³/mol. The van der Waals surface area contributed by atoms with E-state index in [9.17, 15) is 4.79 Å². The lowest BCUT2D eigenvalue weighted by Crippen LogP contribution is -2.10. The number of carboxylic acid groups (broad SMARTS) is 1. The molecule has 0 fully saturated rings. The van der Waals surface area contributed by atoms with E-state index in [4.69, 9.17) is 21.4 Å². The second kappa shape index (κ2) is 5.74. The first-order valence-electron chi connectivity index (χ1n) is 6.45. The minimum absolute atomic E-state index is 0.0630. The van der Waals surface area contributed by atoms with E-state index in [0.29, 0.717) is 5.75 Å². The third kappa shape index (κ3) is 3.73. The van der Waals surface area contributed by atoms with Crippen molar-refractivity contribution < 1.29 is 14.6 Å². The number of aromatic carboxylic acids is 1. The molecule has 1 aromatic heterocycles. The number of aromatic nitrogens is 1. The Balaban J connectivity index is 2.22. The van der Waals surface area contributed by atoms with Crippen molar-refractivity contribution >= 4 is 17.6 Å². The van der Waals surface area contributed by atoms with Crippen LogP contribution in [0.1, 0.15) is 36.8 Å². The van der Waals surface area contributed by atoms with Crippen LogP contribution in [0.2, 0.25) is 5.02 Å². The highest BCUT2D eigenvalue weighted by molar-refractivity contribution is 6.33. The number of pyridine rings is 1. The van der Waals surface area contributed by atoms with Crippen LogP contribution in [0, 0.1) is 0 Å². The molecule has 0 unspecified atom stereocenters. The van der Waals surface area contributed by atoms with Gasteiger partial charge in [-0.25, -0.2) is 9.78 Å². The van der Waals surface area contributed by atoms with Gasteiger partial charge in [-0.1, -0.05) is 44.5 Å². The van der Waals surface area contributed by atoms with Crippen LogP contribution in [0.25, 0.3) is 0 Å². The normalized spacial score (nSPS) is 11.2. The number of hydrogen-bond acceptors (Lipinski definition) is 3. The van der Waals surface area contributed by atoms with E-state index in [1.807, 2.05) is 24.3 Å². The lowest BCUT2D eigenvalue weighted by atomic mass is 9.87. The fourth-order valence-corrected chi connectivity index (χ4v) is 1.96. The van der Waals surface area contributed by atoms with Crippen molar-refractivity contribution in [3.05, 3.63) is 52.7 Å². The van der Waals surface area contributed by atoms with Gasteiger partial charge in [-0.05, 0) is 29.2 Å². The number of nitrogens with zero attached hydrogens (tertiary/aromatic N) is 1. The van der Waals surface area contributed by atoms with Crippen molar-refractivity contribution in [1.82, 2.24) is 4.98 Å². The Morgan fingerprint density at radius 3 is 2.29 bits per heavy atom. The lowest BCUT2D eigenvalue weighted by molar-refractivity contribution is 0.0690. The Hall–Kier alpha value is -2.07. The molecule has 0 radical (unpaired) electrons. The van der Waals surface area contributed by atoms with Crippen molar-refractivity contribution in [2.75, 3.05) is 0 Å². The van der Waals surface area contributed by atoms with Gasteiger partial charge >= 0.3 is 5.97 Å². The SMILES string of the molecule is CC(C)(C)c1ccc(Oc2ccc(Cl)c(C(=O)O)n2)cc1. The minimum atomic E-state index is -1.19. The van der Waals surface area contributed by atoms with Gasteiger partial charge in [-0.3, -0.25) is 0 Å². The fraction of sp³-hybridized carbons (Fsp3) is 0.250. The third-order valence-electron chi connectivity index (χ3n) is 2.97. The summed E-state index contributed by atoms with van der Waals surface area (Å²) in [7, 11) is 0. The Labute approximate surface area is 128 Å². The topological polar surface area (TPSA) is 59.4 Å². The molecule has 0 aliphatic rings. The van der Waals surface area contributed by atoms with Crippen molar-refractivity contribution in [2.24, 2.45) is 0 Å². The van der Waals surface area contributed by atoms with Gasteiger partial charge in [0.1, 0.15) is 5.75 Å². The monoisotopic (exact) mass is 305 g/mol. The van der Waals surface area contributed by atoms with Crippen LogP contribution < -0.4 is 4.74 Å². The molecule has 2 rings (SSSR count). The van der Waals surface area contributed by atoms with E-state index < -0.39 is 5.97 Å². The maximum absolute atomic E-state index is 11.0. The number of carbonyl (C=O) groups is 1. The summed E-state index contributed by atoms with van der Waals surface area (Å²) in [5.41, 5.74) is 1.03. The molecule has 0 amide bonds. The molecule has 0 atom stereocenters. The predicted octanol–water partition coefficient (Wildman–Crippen LogP) is 4.52. The molecule has 0 aliphatic carbocycles. The maximum atomic E-state index is 11.0. The van der Waals surface area contributed by atoms with Gasteiger partial charge < -0.3 is 9.84 Å². The largest absolute Gasteiger partial charge is 0.476 e. The summed E-state index contributed by atoms with van der Waals surface area (Å²) in [6, 6.07) is 10.6. The maximum Gasteiger partial charge on any atom is 0.356 e. The summed E-state index contributed by atoms with van der Waals surface area (Å²) >= 11 is 5.77. The smallest absolute Gasteiger partial charge is 0.356 e. The van der Waals surface area contributed by atoms with Gasteiger partial charge in [0.05, 0.1) is 5.02 Å². The van der Waals surface area contributed by atoms with Crippen LogP contribution in [-0.4, -0.2) is 16.1 Å². The molecule has 4 nitrogen and oxygen atoms in total. The molecule has 1 aromatic carbocycles. The van der Waals surface area contributed by atoms with Crippen molar-refractivity contribution in [1.29, 1.82) is 0 Å². The number of benzene rings is 1. The van der Waals surface area contributed by atoms with Crippen LogP contribution in [0.15, 0.2) is 36.4 Å². The zero-order valence-electron chi connectivity index (χ0n) is 12.1. The molecule has 110 valence electrons. The Bertz CT molecular complexity index is 660. The molecule has 0 aliphatic heterocycles. The Morgan fingerprint density at radius 1 is 1.14 bits per heavy atom. The van der Waals surface area contributed by atoms with Gasteiger partial charge in [-0.2, -0.15) is 0 Å². The van der Waals surface area contributed by atoms with E-state index in [-0.39, 0.29) is 22.0 Å². The molecule has 1 N–H and O–H groups in total. The van der Waals surface area contributed by atoms with E-state index in [2.05, 4.69) is 25.8 Å². The highest BCUT2D eigenvalue weighted by Crippen LogP contribution is 2.27. The first kappa shape index (κ1) is 15.3. The lowest BCUT2D eigenvalue weighted by Gasteiger charge is -2.19. The van der Waals surface area contributed by atoms with Gasteiger partial charge in [0.25, 0.3) is 0 Å². The molecule has 21 heavy (non-hydrogen) atoms. The van der Waals surface area contributed by atoms with E-state index in [0.717, 1.165) is 0 Å². The van der Waals surface area contributed by atoms with Crippen LogP contribution in [0.3, 0.4) is 0 Å². The summed E-state index contributed by atoms with van der Waals surface area (Å²) < 4.78 is 5.56. The summed E-state index contributed by atoms with van der Waals surface area (Å²) in [5.74, 6) is -0.400. The summed E-state index contributed by atoms with van der Waals surface area (Å²) in [6.45, 7) is 6.38. The van der Waals surface area contributed by atoms with Gasteiger partial charge in [-0.15, -0.1) is 0 Å². The number of carboxylic acids is 1. The summed E-state index contributed by atoms with van der Waals surface area (Å²) in [5, 5.41) is 9.06. The van der Waals surface area contributed by atoms with Crippen molar-refractivity contribution in [3.63, 3.8) is 0 Å². The standard InChI is InChI=1S/C16H16ClNO3/c1-16(2,3)10-4-6-11(7-5-10)21-13-9-8-12(17)14(18-13)15(19)20/h4-9H,1-3H3,(H,19,20). The first-order chi connectivity index (χ1) is 9.77. The number of ether oxygens (including phenoxy) is 1. The molecule has 5 heteroatoms. The molecule has 0 saturated carbocycles. The van der Waals surface area contributed by atoms with Gasteiger partial charge in [0, 0.05) is 6.07 Å². The molecule has 0 spiro atoms. The molecular formula is C16H16ClNO3. The fourth-order valence-electron chi connectivity index (χ4n) is 1.77.